The number of rotatable bonds is 6. The molecule has 2 atom stereocenters. The average molecular weight is 377 g/mol. The number of aromatic hydroxyl groups is 1. The maximum Gasteiger partial charge on any atom is 0.325 e. The van der Waals surface area contributed by atoms with Crippen LogP contribution in [-0.2, 0) is 15.6 Å². The van der Waals surface area contributed by atoms with Crippen LogP contribution in [0.5, 0.6) is 5.75 Å². The molecule has 8 nitrogen and oxygen atoms in total. The molecule has 1 heterocycles. The number of aryl methyl sites for hydroxylation is 1. The Morgan fingerprint density at radius 3 is 2.54 bits per heavy atom. The number of carbonyl (C=O) groups excluding carboxylic acids is 1. The highest BCUT2D eigenvalue weighted by molar-refractivity contribution is 7.85. The number of phenols is 1. The minimum absolute atomic E-state index is 0.0878. The van der Waals surface area contributed by atoms with E-state index in [2.05, 4.69) is 15.3 Å². The van der Waals surface area contributed by atoms with E-state index in [-0.39, 0.29) is 23.1 Å². The van der Waals surface area contributed by atoms with Crippen LogP contribution in [0, 0.1) is 6.92 Å². The molecule has 0 aliphatic carbocycles. The fourth-order valence-corrected chi connectivity index (χ4v) is 3.39. The van der Waals surface area contributed by atoms with Gasteiger partial charge in [0.1, 0.15) is 5.75 Å². The third kappa shape index (κ3) is 5.28. The molecule has 0 aliphatic heterocycles. The summed E-state index contributed by atoms with van der Waals surface area (Å²) >= 11 is 0. The summed E-state index contributed by atoms with van der Waals surface area (Å²) in [6.45, 7) is 3.26. The number of aromatic nitrogens is 2. The van der Waals surface area contributed by atoms with E-state index in [0.29, 0.717) is 10.6 Å². The fraction of sp³-hybridized carbons (Fsp3) is 0.235. The lowest BCUT2D eigenvalue weighted by Crippen LogP contribution is -2.35. The highest BCUT2D eigenvalue weighted by atomic mass is 32.2. The summed E-state index contributed by atoms with van der Waals surface area (Å²) in [5.74, 6) is -0.169. The molecular weight excluding hydrogens is 358 g/mol. The number of aromatic amines is 2. The molecule has 0 fully saturated rings. The first-order valence-corrected chi connectivity index (χ1v) is 9.07. The molecule has 2 aromatic rings. The van der Waals surface area contributed by atoms with Gasteiger partial charge in [-0.1, -0.05) is 0 Å². The Morgan fingerprint density at radius 1 is 1.27 bits per heavy atom. The van der Waals surface area contributed by atoms with Crippen molar-refractivity contribution in [3.05, 3.63) is 62.4 Å². The van der Waals surface area contributed by atoms with E-state index in [1.807, 2.05) is 0 Å². The first-order chi connectivity index (χ1) is 12.3. The van der Waals surface area contributed by atoms with Gasteiger partial charge in [-0.15, -0.1) is 0 Å². The van der Waals surface area contributed by atoms with Crippen LogP contribution >= 0.6 is 0 Å². The van der Waals surface area contributed by atoms with Crippen LogP contribution in [0.15, 0.2) is 44.8 Å². The fourth-order valence-electron chi connectivity index (χ4n) is 2.22. The highest BCUT2D eigenvalue weighted by Crippen LogP contribution is 2.13. The largest absolute Gasteiger partial charge is 0.508 e. The minimum atomic E-state index is -1.33. The van der Waals surface area contributed by atoms with Crippen LogP contribution in [0.3, 0.4) is 0 Å². The molecule has 1 amide bonds. The van der Waals surface area contributed by atoms with E-state index < -0.39 is 28.0 Å². The quantitative estimate of drug-likeness (QED) is 0.541. The molecule has 0 saturated heterocycles. The Balaban J connectivity index is 1.97. The van der Waals surface area contributed by atoms with Gasteiger partial charge in [0.2, 0.25) is 5.91 Å². The number of nitrogens with one attached hydrogen (secondary N) is 3. The molecule has 0 bridgehead atoms. The van der Waals surface area contributed by atoms with E-state index in [4.69, 9.17) is 0 Å². The van der Waals surface area contributed by atoms with Crippen molar-refractivity contribution in [1.82, 2.24) is 15.3 Å². The number of amides is 1. The predicted octanol–water partition coefficient (Wildman–Crippen LogP) is 0.403. The normalized spacial score (nSPS) is 13.5. The molecule has 0 radical (unpaired) electrons. The van der Waals surface area contributed by atoms with E-state index in [0.717, 1.165) is 0 Å². The third-order valence-corrected chi connectivity index (χ3v) is 5.07. The number of benzene rings is 1. The number of carbonyl (C=O) groups is 1. The van der Waals surface area contributed by atoms with Crippen molar-refractivity contribution in [2.75, 3.05) is 5.75 Å². The van der Waals surface area contributed by atoms with E-state index >= 15 is 0 Å². The minimum Gasteiger partial charge on any atom is -0.508 e. The van der Waals surface area contributed by atoms with Crippen molar-refractivity contribution in [2.24, 2.45) is 0 Å². The molecule has 0 spiro atoms. The molecule has 9 heteroatoms. The summed E-state index contributed by atoms with van der Waals surface area (Å²) in [4.78, 5) is 39.9. The van der Waals surface area contributed by atoms with Gasteiger partial charge in [-0.05, 0) is 44.2 Å². The van der Waals surface area contributed by atoms with Crippen molar-refractivity contribution in [2.45, 2.75) is 24.8 Å². The zero-order valence-electron chi connectivity index (χ0n) is 14.2. The van der Waals surface area contributed by atoms with Crippen molar-refractivity contribution >= 4 is 22.8 Å². The van der Waals surface area contributed by atoms with Crippen LogP contribution in [0.1, 0.15) is 18.2 Å². The van der Waals surface area contributed by atoms with Gasteiger partial charge >= 0.3 is 5.69 Å². The van der Waals surface area contributed by atoms with Crippen LogP contribution < -0.4 is 16.6 Å². The van der Waals surface area contributed by atoms with Crippen molar-refractivity contribution in [3.63, 3.8) is 0 Å². The zero-order valence-corrected chi connectivity index (χ0v) is 15.1. The van der Waals surface area contributed by atoms with Crippen LogP contribution in [0.4, 0.5) is 0 Å². The van der Waals surface area contributed by atoms with Gasteiger partial charge in [0.15, 0.2) is 0 Å². The predicted molar refractivity (Wildman–Crippen MR) is 98.4 cm³/mol. The molecule has 1 unspecified atom stereocenters. The number of H-pyrrole nitrogens is 2. The van der Waals surface area contributed by atoms with Gasteiger partial charge in [0.25, 0.3) is 5.56 Å². The first kappa shape index (κ1) is 19.4. The molecule has 1 aromatic heterocycles. The van der Waals surface area contributed by atoms with Crippen molar-refractivity contribution in [3.8, 4) is 5.75 Å². The monoisotopic (exact) mass is 377 g/mol. The topological polar surface area (TPSA) is 132 Å². The molecule has 2 rings (SSSR count). The second-order valence-corrected chi connectivity index (χ2v) is 7.19. The number of phenolic OH excluding ortho intramolecular Hbond substituents is 1. The summed E-state index contributed by atoms with van der Waals surface area (Å²) in [6.07, 6.45) is 2.49. The van der Waals surface area contributed by atoms with E-state index in [1.165, 1.54) is 24.3 Å². The Kier molecular flexibility index (Phi) is 6.29. The van der Waals surface area contributed by atoms with Crippen molar-refractivity contribution in [1.29, 1.82) is 0 Å². The summed E-state index contributed by atoms with van der Waals surface area (Å²) in [5.41, 5.74) is -0.666. The second kappa shape index (κ2) is 8.43. The molecule has 26 heavy (non-hydrogen) atoms. The van der Waals surface area contributed by atoms with Crippen LogP contribution in [-0.4, -0.2) is 37.0 Å². The van der Waals surface area contributed by atoms with Gasteiger partial charge in [-0.3, -0.25) is 18.8 Å². The van der Waals surface area contributed by atoms with Crippen molar-refractivity contribution < 1.29 is 14.1 Å². The van der Waals surface area contributed by atoms with Crippen LogP contribution in [0.25, 0.3) is 6.08 Å². The molecule has 0 saturated carbocycles. The molecular formula is C17H19N3O5S. The maximum absolute atomic E-state index is 12.2. The van der Waals surface area contributed by atoms with E-state index in [9.17, 15) is 23.7 Å². The van der Waals surface area contributed by atoms with Gasteiger partial charge in [0, 0.05) is 28.5 Å². The zero-order chi connectivity index (χ0) is 19.3. The standard InChI is InChI=1S/C17H19N3O5S/c1-10(9-26(25)13-5-3-12(21)4-6-13)18-15(22)8-7-14-11(2)19-17(24)20-16(14)23/h3-8,10,21H,9H2,1-2H3,(H,18,22)(H2,19,20,23,24)/b8-7+/t10-,26?/m0/s1. The lowest BCUT2D eigenvalue weighted by molar-refractivity contribution is -0.116. The summed E-state index contributed by atoms with van der Waals surface area (Å²) < 4.78 is 12.2. The molecule has 138 valence electrons. The second-order valence-electron chi connectivity index (χ2n) is 5.70. The Morgan fingerprint density at radius 2 is 1.92 bits per heavy atom. The molecule has 1 aromatic carbocycles. The number of hydrogen-bond acceptors (Lipinski definition) is 5. The Hall–Kier alpha value is -2.94. The first-order valence-electron chi connectivity index (χ1n) is 7.75. The Labute approximate surface area is 151 Å². The van der Waals surface area contributed by atoms with Gasteiger partial charge in [-0.25, -0.2) is 4.79 Å². The highest BCUT2D eigenvalue weighted by Gasteiger charge is 2.12. The molecule has 4 N–H and O–H groups in total. The van der Waals surface area contributed by atoms with Crippen LogP contribution in [0.2, 0.25) is 0 Å². The molecule has 0 aliphatic rings. The Bertz CT molecular complexity index is 960. The van der Waals surface area contributed by atoms with Gasteiger partial charge in [-0.2, -0.15) is 0 Å². The number of hydrogen-bond donors (Lipinski definition) is 4. The SMILES string of the molecule is Cc1[nH]c(=O)[nH]c(=O)c1/C=C/C(=O)N[C@@H](C)CS(=O)c1ccc(O)cc1. The summed E-state index contributed by atoms with van der Waals surface area (Å²) in [5, 5.41) is 11.9. The lowest BCUT2D eigenvalue weighted by Gasteiger charge is -2.12. The summed E-state index contributed by atoms with van der Waals surface area (Å²) in [7, 11) is -1.33. The smallest absolute Gasteiger partial charge is 0.325 e. The van der Waals surface area contributed by atoms with Gasteiger partial charge in [0.05, 0.1) is 16.4 Å². The lowest BCUT2D eigenvalue weighted by atomic mass is 10.2. The van der Waals surface area contributed by atoms with Gasteiger partial charge < -0.3 is 15.4 Å². The average Bonchev–Trinajstić information content (AvgIpc) is 2.54. The van der Waals surface area contributed by atoms with E-state index in [1.54, 1.807) is 26.0 Å². The summed E-state index contributed by atoms with van der Waals surface area (Å²) in [6, 6.07) is 5.64. The maximum atomic E-state index is 12.2. The third-order valence-electron chi connectivity index (χ3n) is 3.47.